The van der Waals surface area contributed by atoms with E-state index in [1.165, 1.54) is 12.8 Å². The van der Waals surface area contributed by atoms with Gasteiger partial charge in [0.15, 0.2) is 17.1 Å². The molecule has 3 aliphatic heterocycles. The average molecular weight is 417 g/mol. The summed E-state index contributed by atoms with van der Waals surface area (Å²) in [4.78, 5) is 8.16. The largest absolute Gasteiger partial charge is 0.488 e. The van der Waals surface area contributed by atoms with Gasteiger partial charge in [-0.3, -0.25) is 4.90 Å². The van der Waals surface area contributed by atoms with Crippen LogP contribution in [0.15, 0.2) is 23.4 Å². The molecular formula is C23H32N2O5. The normalized spacial score (nSPS) is 27.4. The highest BCUT2D eigenvalue weighted by Gasteiger charge is 2.43. The van der Waals surface area contributed by atoms with Gasteiger partial charge in [0.05, 0.1) is 38.2 Å². The predicted octanol–water partition coefficient (Wildman–Crippen LogP) is 3.00. The number of hydrogen-bond acceptors (Lipinski definition) is 7. The third-order valence-electron chi connectivity index (χ3n) is 6.55. The van der Waals surface area contributed by atoms with Gasteiger partial charge in [-0.2, -0.15) is 0 Å². The first-order valence-electron chi connectivity index (χ1n) is 11.4. The number of benzene rings is 1. The van der Waals surface area contributed by atoms with Crippen molar-refractivity contribution in [2.45, 2.75) is 50.2 Å². The summed E-state index contributed by atoms with van der Waals surface area (Å²) in [7, 11) is 0. The second-order valence-corrected chi connectivity index (χ2v) is 8.78. The average Bonchev–Trinajstić information content (AvgIpc) is 3.54. The van der Waals surface area contributed by atoms with Gasteiger partial charge in [0, 0.05) is 38.0 Å². The maximum absolute atomic E-state index is 6.39. The van der Waals surface area contributed by atoms with E-state index in [4.69, 9.17) is 23.8 Å². The van der Waals surface area contributed by atoms with Crippen LogP contribution in [0.4, 0.5) is 0 Å². The van der Waals surface area contributed by atoms with Crippen molar-refractivity contribution >= 4 is 5.71 Å². The summed E-state index contributed by atoms with van der Waals surface area (Å²) in [6.07, 6.45) is 6.66. The SMILES string of the molecule is c1cc(OCCN2CCOCC2)c(OC2CCCC2)cc1C1=NOC2(CCOC2)C1. The molecular weight excluding hydrogens is 384 g/mol. The van der Waals surface area contributed by atoms with E-state index >= 15 is 0 Å². The van der Waals surface area contributed by atoms with Gasteiger partial charge in [0.2, 0.25) is 0 Å². The molecule has 2 saturated heterocycles. The van der Waals surface area contributed by atoms with Crippen LogP contribution in [0.2, 0.25) is 0 Å². The predicted molar refractivity (Wildman–Crippen MR) is 112 cm³/mol. The summed E-state index contributed by atoms with van der Waals surface area (Å²) in [6, 6.07) is 6.18. The third-order valence-corrected chi connectivity index (χ3v) is 6.55. The van der Waals surface area contributed by atoms with Crippen molar-refractivity contribution in [3.8, 4) is 11.5 Å². The second-order valence-electron chi connectivity index (χ2n) is 8.78. The second kappa shape index (κ2) is 9.12. The van der Waals surface area contributed by atoms with Crippen LogP contribution in [-0.2, 0) is 14.3 Å². The van der Waals surface area contributed by atoms with Crippen LogP contribution in [0, 0.1) is 0 Å². The number of nitrogens with zero attached hydrogens (tertiary/aromatic N) is 2. The molecule has 1 unspecified atom stereocenters. The lowest BCUT2D eigenvalue weighted by molar-refractivity contribution is -0.0237. The Bertz CT molecular complexity index is 750. The van der Waals surface area contributed by atoms with Crippen LogP contribution in [0.5, 0.6) is 11.5 Å². The molecule has 1 aromatic carbocycles. The van der Waals surface area contributed by atoms with Crippen LogP contribution in [0.1, 0.15) is 44.1 Å². The van der Waals surface area contributed by atoms with Crippen LogP contribution in [0.3, 0.4) is 0 Å². The van der Waals surface area contributed by atoms with Gasteiger partial charge in [-0.1, -0.05) is 5.16 Å². The molecule has 1 aromatic rings. The minimum absolute atomic E-state index is 0.269. The molecule has 1 saturated carbocycles. The molecule has 4 aliphatic rings. The molecule has 7 nitrogen and oxygen atoms in total. The molecule has 164 valence electrons. The zero-order chi connectivity index (χ0) is 20.2. The van der Waals surface area contributed by atoms with Crippen molar-refractivity contribution in [1.82, 2.24) is 4.90 Å². The maximum Gasteiger partial charge on any atom is 0.168 e. The topological polar surface area (TPSA) is 61.8 Å². The molecule has 1 spiro atoms. The molecule has 3 fully saturated rings. The molecule has 1 aliphatic carbocycles. The molecule has 0 bridgehead atoms. The Hall–Kier alpha value is -1.83. The summed E-state index contributed by atoms with van der Waals surface area (Å²) >= 11 is 0. The van der Waals surface area contributed by atoms with E-state index in [1.807, 2.05) is 6.07 Å². The molecule has 7 heteroatoms. The molecule has 0 radical (unpaired) electrons. The lowest BCUT2D eigenvalue weighted by Crippen LogP contribution is -2.38. The number of hydrogen-bond donors (Lipinski definition) is 0. The highest BCUT2D eigenvalue weighted by Crippen LogP contribution is 2.37. The van der Waals surface area contributed by atoms with Crippen molar-refractivity contribution in [2.24, 2.45) is 5.16 Å². The molecule has 0 N–H and O–H groups in total. The Morgan fingerprint density at radius 1 is 1.07 bits per heavy atom. The summed E-state index contributed by atoms with van der Waals surface area (Å²) in [5, 5.41) is 4.39. The quantitative estimate of drug-likeness (QED) is 0.681. The zero-order valence-electron chi connectivity index (χ0n) is 17.6. The first-order valence-corrected chi connectivity index (χ1v) is 11.4. The van der Waals surface area contributed by atoms with Gasteiger partial charge in [-0.25, -0.2) is 0 Å². The highest BCUT2D eigenvalue weighted by molar-refractivity contribution is 6.02. The summed E-state index contributed by atoms with van der Waals surface area (Å²) < 4.78 is 23.5. The van der Waals surface area contributed by atoms with E-state index < -0.39 is 0 Å². The first-order chi connectivity index (χ1) is 14.8. The van der Waals surface area contributed by atoms with Crippen LogP contribution in [-0.4, -0.2) is 75.0 Å². The lowest BCUT2D eigenvalue weighted by atomic mass is 9.93. The fourth-order valence-electron chi connectivity index (χ4n) is 4.67. The minimum Gasteiger partial charge on any atom is -0.488 e. The van der Waals surface area contributed by atoms with Crippen molar-refractivity contribution < 1.29 is 23.8 Å². The molecule has 1 atom stereocenters. The number of ether oxygens (including phenoxy) is 4. The summed E-state index contributed by atoms with van der Waals surface area (Å²) in [5.74, 6) is 1.64. The molecule has 0 aromatic heterocycles. The van der Waals surface area contributed by atoms with E-state index in [-0.39, 0.29) is 11.7 Å². The van der Waals surface area contributed by atoms with Gasteiger partial charge >= 0.3 is 0 Å². The van der Waals surface area contributed by atoms with Gasteiger partial charge in [-0.05, 0) is 43.9 Å². The monoisotopic (exact) mass is 416 g/mol. The number of rotatable bonds is 7. The number of morpholine rings is 1. The minimum atomic E-state index is -0.269. The Morgan fingerprint density at radius 2 is 1.93 bits per heavy atom. The van der Waals surface area contributed by atoms with Crippen molar-refractivity contribution in [2.75, 3.05) is 52.7 Å². The first kappa shape index (κ1) is 20.1. The van der Waals surface area contributed by atoms with E-state index in [9.17, 15) is 0 Å². The fourth-order valence-corrected chi connectivity index (χ4v) is 4.67. The Kier molecular flexibility index (Phi) is 6.11. The Balaban J connectivity index is 1.27. The Morgan fingerprint density at radius 3 is 2.73 bits per heavy atom. The van der Waals surface area contributed by atoms with Crippen molar-refractivity contribution in [3.05, 3.63) is 23.8 Å². The van der Waals surface area contributed by atoms with E-state index in [2.05, 4.69) is 22.2 Å². The third kappa shape index (κ3) is 4.58. The van der Waals surface area contributed by atoms with E-state index in [1.54, 1.807) is 0 Å². The summed E-state index contributed by atoms with van der Waals surface area (Å²) in [6.45, 7) is 6.46. The molecule has 30 heavy (non-hydrogen) atoms. The van der Waals surface area contributed by atoms with Gasteiger partial charge < -0.3 is 23.8 Å². The fraction of sp³-hybridized carbons (Fsp3) is 0.696. The molecule has 3 heterocycles. The van der Waals surface area contributed by atoms with Crippen LogP contribution in [0.25, 0.3) is 0 Å². The van der Waals surface area contributed by atoms with Gasteiger partial charge in [0.1, 0.15) is 6.61 Å². The van der Waals surface area contributed by atoms with Crippen LogP contribution < -0.4 is 9.47 Å². The lowest BCUT2D eigenvalue weighted by Gasteiger charge is -2.26. The number of oxime groups is 1. The van der Waals surface area contributed by atoms with E-state index in [0.717, 1.165) is 87.9 Å². The summed E-state index contributed by atoms with van der Waals surface area (Å²) in [5.41, 5.74) is 1.75. The van der Waals surface area contributed by atoms with Crippen molar-refractivity contribution in [1.29, 1.82) is 0 Å². The van der Waals surface area contributed by atoms with Crippen LogP contribution >= 0.6 is 0 Å². The standard InChI is InChI=1S/C23H32N2O5/c1-2-4-19(3-1)29-22-15-18(20-16-23(30-24-20)7-11-27-17-23)5-6-21(22)28-14-10-25-8-12-26-13-9-25/h5-6,15,19H,1-4,7-14,16-17H2. The molecule has 5 rings (SSSR count). The maximum atomic E-state index is 6.39. The Labute approximate surface area is 178 Å². The van der Waals surface area contributed by atoms with Gasteiger partial charge in [-0.15, -0.1) is 0 Å². The van der Waals surface area contributed by atoms with Gasteiger partial charge in [0.25, 0.3) is 0 Å². The molecule has 0 amide bonds. The zero-order valence-corrected chi connectivity index (χ0v) is 17.6. The van der Waals surface area contributed by atoms with Crippen molar-refractivity contribution in [3.63, 3.8) is 0 Å². The van der Waals surface area contributed by atoms with E-state index in [0.29, 0.717) is 13.2 Å². The smallest absolute Gasteiger partial charge is 0.168 e. The highest BCUT2D eigenvalue weighted by atomic mass is 16.7.